The summed E-state index contributed by atoms with van der Waals surface area (Å²) in [4.78, 5) is 31.9. The minimum Gasteiger partial charge on any atom is -0.465 e. The molecule has 0 spiro atoms. The van der Waals surface area contributed by atoms with Crippen molar-refractivity contribution in [1.29, 1.82) is 0 Å². The SMILES string of the molecule is CC(NC(=O)c1cc(Cl)cc(C(F)(F)F)c1)c1nccnc1C1=NNC(=O)CO1. The Morgan fingerprint density at radius 2 is 2.00 bits per heavy atom. The number of nitrogens with zero attached hydrogens (tertiary/aromatic N) is 3. The quantitative estimate of drug-likeness (QED) is 0.779. The average molecular weight is 428 g/mol. The van der Waals surface area contributed by atoms with E-state index in [9.17, 15) is 22.8 Å². The Labute approximate surface area is 167 Å². The van der Waals surface area contributed by atoms with Crippen molar-refractivity contribution in [3.63, 3.8) is 0 Å². The molecule has 1 aliphatic heterocycles. The monoisotopic (exact) mass is 427 g/mol. The van der Waals surface area contributed by atoms with Crippen LogP contribution in [0.5, 0.6) is 0 Å². The molecular formula is C17H13ClF3N5O3. The van der Waals surface area contributed by atoms with Crippen molar-refractivity contribution in [2.75, 3.05) is 6.61 Å². The first-order valence-electron chi connectivity index (χ1n) is 8.14. The highest BCUT2D eigenvalue weighted by Crippen LogP contribution is 2.32. The summed E-state index contributed by atoms with van der Waals surface area (Å²) in [6, 6.07) is 1.79. The first kappa shape index (κ1) is 20.5. The summed E-state index contributed by atoms with van der Waals surface area (Å²) in [5.41, 5.74) is 1.35. The maximum absolute atomic E-state index is 13.0. The number of rotatable bonds is 4. The maximum Gasteiger partial charge on any atom is 0.416 e. The molecular weight excluding hydrogens is 415 g/mol. The Morgan fingerprint density at radius 3 is 2.66 bits per heavy atom. The lowest BCUT2D eigenvalue weighted by molar-refractivity contribution is -0.137. The van der Waals surface area contributed by atoms with Crippen LogP contribution in [0.2, 0.25) is 5.02 Å². The zero-order valence-corrected chi connectivity index (χ0v) is 15.5. The number of hydrogen-bond acceptors (Lipinski definition) is 6. The molecule has 0 radical (unpaired) electrons. The van der Waals surface area contributed by atoms with Crippen molar-refractivity contribution in [2.45, 2.75) is 19.1 Å². The average Bonchev–Trinajstić information content (AvgIpc) is 2.67. The van der Waals surface area contributed by atoms with Crippen LogP contribution in [0.25, 0.3) is 0 Å². The van der Waals surface area contributed by atoms with Crippen LogP contribution in [-0.2, 0) is 15.7 Å². The predicted molar refractivity (Wildman–Crippen MR) is 95.0 cm³/mol. The molecule has 2 amide bonds. The van der Waals surface area contributed by atoms with Gasteiger partial charge in [0, 0.05) is 23.0 Å². The first-order chi connectivity index (χ1) is 13.6. The normalized spacial score (nSPS) is 15.1. The molecule has 8 nitrogen and oxygen atoms in total. The number of hydrazone groups is 1. The minimum absolute atomic E-state index is 0.00378. The van der Waals surface area contributed by atoms with Gasteiger partial charge in [0.15, 0.2) is 12.3 Å². The molecule has 1 aromatic carbocycles. The molecule has 12 heteroatoms. The number of amides is 2. The van der Waals surface area contributed by atoms with Crippen molar-refractivity contribution in [2.24, 2.45) is 5.10 Å². The van der Waals surface area contributed by atoms with E-state index in [2.05, 4.69) is 25.8 Å². The molecule has 0 aliphatic carbocycles. The molecule has 1 atom stereocenters. The van der Waals surface area contributed by atoms with Crippen LogP contribution in [0.4, 0.5) is 13.2 Å². The van der Waals surface area contributed by atoms with E-state index in [1.807, 2.05) is 0 Å². The largest absolute Gasteiger partial charge is 0.465 e. The smallest absolute Gasteiger partial charge is 0.416 e. The van der Waals surface area contributed by atoms with Crippen LogP contribution in [0.3, 0.4) is 0 Å². The highest BCUT2D eigenvalue weighted by molar-refractivity contribution is 6.31. The van der Waals surface area contributed by atoms with Crippen molar-refractivity contribution in [3.05, 3.63) is 58.1 Å². The first-order valence-corrected chi connectivity index (χ1v) is 8.52. The second-order valence-corrected chi connectivity index (χ2v) is 6.39. The van der Waals surface area contributed by atoms with E-state index in [1.165, 1.54) is 12.4 Å². The Balaban J connectivity index is 1.85. The van der Waals surface area contributed by atoms with E-state index in [4.69, 9.17) is 16.3 Å². The Kier molecular flexibility index (Phi) is 5.69. The van der Waals surface area contributed by atoms with Gasteiger partial charge in [0.1, 0.15) is 0 Å². The fraction of sp³-hybridized carbons (Fsp3) is 0.235. The Morgan fingerprint density at radius 1 is 1.28 bits per heavy atom. The third-order valence-electron chi connectivity index (χ3n) is 3.80. The summed E-state index contributed by atoms with van der Waals surface area (Å²) in [5, 5.41) is 6.07. The van der Waals surface area contributed by atoms with Gasteiger partial charge in [-0.15, -0.1) is 5.10 Å². The van der Waals surface area contributed by atoms with Crippen LogP contribution in [-0.4, -0.2) is 34.3 Å². The summed E-state index contributed by atoms with van der Waals surface area (Å²) < 4.78 is 44.1. The van der Waals surface area contributed by atoms with Crippen LogP contribution >= 0.6 is 11.6 Å². The predicted octanol–water partition coefficient (Wildman–Crippen LogP) is 2.45. The van der Waals surface area contributed by atoms with Crippen molar-refractivity contribution < 1.29 is 27.5 Å². The van der Waals surface area contributed by atoms with Crippen LogP contribution in [0.1, 0.15) is 40.3 Å². The third-order valence-corrected chi connectivity index (χ3v) is 4.01. The fourth-order valence-electron chi connectivity index (χ4n) is 2.50. The van der Waals surface area contributed by atoms with Gasteiger partial charge >= 0.3 is 6.18 Å². The van der Waals surface area contributed by atoms with Gasteiger partial charge in [-0.25, -0.2) is 10.4 Å². The molecule has 0 saturated carbocycles. The van der Waals surface area contributed by atoms with Crippen LogP contribution < -0.4 is 10.7 Å². The summed E-state index contributed by atoms with van der Waals surface area (Å²) in [6.07, 6.45) is -1.92. The summed E-state index contributed by atoms with van der Waals surface area (Å²) in [7, 11) is 0. The van der Waals surface area contributed by atoms with E-state index in [0.29, 0.717) is 6.07 Å². The molecule has 2 N–H and O–H groups in total. The summed E-state index contributed by atoms with van der Waals surface area (Å²) in [5.74, 6) is -1.24. The lowest BCUT2D eigenvalue weighted by atomic mass is 10.1. The molecule has 29 heavy (non-hydrogen) atoms. The zero-order chi connectivity index (χ0) is 21.2. The number of benzene rings is 1. The Bertz CT molecular complexity index is 997. The third kappa shape index (κ3) is 4.80. The highest BCUT2D eigenvalue weighted by Gasteiger charge is 2.32. The summed E-state index contributed by atoms with van der Waals surface area (Å²) in [6.45, 7) is 1.29. The lowest BCUT2D eigenvalue weighted by Gasteiger charge is -2.19. The van der Waals surface area contributed by atoms with E-state index in [0.717, 1.165) is 12.1 Å². The van der Waals surface area contributed by atoms with Crippen molar-refractivity contribution in [1.82, 2.24) is 20.7 Å². The molecule has 152 valence electrons. The van der Waals surface area contributed by atoms with Gasteiger partial charge in [-0.1, -0.05) is 11.6 Å². The molecule has 3 rings (SSSR count). The van der Waals surface area contributed by atoms with Gasteiger partial charge in [0.2, 0.25) is 0 Å². The number of carbonyl (C=O) groups excluding carboxylic acids is 2. The molecule has 1 aromatic heterocycles. The number of alkyl halides is 3. The molecule has 0 fully saturated rings. The Hall–Kier alpha value is -3.21. The van der Waals surface area contributed by atoms with Crippen molar-refractivity contribution in [3.8, 4) is 0 Å². The number of ether oxygens (including phenoxy) is 1. The fourth-order valence-corrected chi connectivity index (χ4v) is 2.73. The second kappa shape index (κ2) is 8.03. The van der Waals surface area contributed by atoms with Crippen LogP contribution in [0, 0.1) is 0 Å². The topological polar surface area (TPSA) is 106 Å². The standard InChI is InChI=1S/C17H13ClF3N5O3/c1-8(13-14(23-3-2-22-13)16-26-25-12(27)7-29-16)24-15(28)9-4-10(17(19,20)21)6-11(18)5-9/h2-6,8H,7H2,1H3,(H,24,28)(H,25,27). The highest BCUT2D eigenvalue weighted by atomic mass is 35.5. The molecule has 0 saturated heterocycles. The van der Waals surface area contributed by atoms with Gasteiger partial charge in [0.25, 0.3) is 17.7 Å². The number of halogens is 4. The molecule has 2 heterocycles. The number of hydrogen-bond donors (Lipinski definition) is 2. The second-order valence-electron chi connectivity index (χ2n) is 5.95. The lowest BCUT2D eigenvalue weighted by Crippen LogP contribution is -2.34. The van der Waals surface area contributed by atoms with E-state index in [1.54, 1.807) is 6.92 Å². The van der Waals surface area contributed by atoms with E-state index in [-0.39, 0.29) is 34.5 Å². The van der Waals surface area contributed by atoms with E-state index >= 15 is 0 Å². The number of carbonyl (C=O) groups is 2. The molecule has 1 unspecified atom stereocenters. The molecule has 0 bridgehead atoms. The number of nitrogens with one attached hydrogen (secondary N) is 2. The van der Waals surface area contributed by atoms with Crippen molar-refractivity contribution >= 4 is 29.3 Å². The molecule has 2 aromatic rings. The zero-order valence-electron chi connectivity index (χ0n) is 14.7. The van der Waals surface area contributed by atoms with Gasteiger partial charge in [-0.3, -0.25) is 14.6 Å². The molecule has 1 aliphatic rings. The summed E-state index contributed by atoms with van der Waals surface area (Å²) >= 11 is 5.72. The maximum atomic E-state index is 13.0. The number of aromatic nitrogens is 2. The van der Waals surface area contributed by atoms with Gasteiger partial charge in [-0.05, 0) is 25.1 Å². The van der Waals surface area contributed by atoms with Gasteiger partial charge < -0.3 is 10.1 Å². The minimum atomic E-state index is -4.65. The van der Waals surface area contributed by atoms with Gasteiger partial charge in [0.05, 0.1) is 17.3 Å². The van der Waals surface area contributed by atoms with Gasteiger partial charge in [-0.2, -0.15) is 13.2 Å². The van der Waals surface area contributed by atoms with Crippen LogP contribution in [0.15, 0.2) is 35.7 Å². The van der Waals surface area contributed by atoms with E-state index < -0.39 is 29.6 Å².